The minimum Gasteiger partial charge on any atom is -0.348 e. The van der Waals surface area contributed by atoms with Gasteiger partial charge in [-0.3, -0.25) is 4.57 Å². The molecule has 0 aliphatic heterocycles. The van der Waals surface area contributed by atoms with Gasteiger partial charge in [0.1, 0.15) is 12.1 Å². The highest BCUT2D eigenvalue weighted by molar-refractivity contribution is 6.42. The van der Waals surface area contributed by atoms with Gasteiger partial charge in [-0.15, -0.1) is 0 Å². The molecule has 0 fully saturated rings. The Morgan fingerprint density at radius 2 is 1.77 bits per heavy atom. The molecule has 0 aliphatic carbocycles. The Labute approximate surface area is 160 Å². The second-order valence-corrected chi connectivity index (χ2v) is 6.70. The van der Waals surface area contributed by atoms with Crippen molar-refractivity contribution in [3.8, 4) is 5.82 Å². The zero-order valence-electron chi connectivity index (χ0n) is 13.9. The molecule has 2 heterocycles. The average Bonchev–Trinajstić information content (AvgIpc) is 3.05. The van der Waals surface area contributed by atoms with Crippen LogP contribution in [-0.4, -0.2) is 19.5 Å². The van der Waals surface area contributed by atoms with Crippen molar-refractivity contribution >= 4 is 40.2 Å². The summed E-state index contributed by atoms with van der Waals surface area (Å²) in [6.07, 6.45) is 3.41. The van der Waals surface area contributed by atoms with E-state index in [-0.39, 0.29) is 6.04 Å². The predicted molar refractivity (Wildman–Crippen MR) is 105 cm³/mol. The molecule has 130 valence electrons. The summed E-state index contributed by atoms with van der Waals surface area (Å²) in [5, 5.41) is 4.28. The third-order valence-corrected chi connectivity index (χ3v) is 4.84. The fourth-order valence-electron chi connectivity index (χ4n) is 2.76. The number of imidazole rings is 1. The summed E-state index contributed by atoms with van der Waals surface area (Å²) in [5.74, 6) is 1.24. The minimum atomic E-state index is 0.0826. The van der Waals surface area contributed by atoms with Crippen molar-refractivity contribution in [2.45, 2.75) is 13.0 Å². The van der Waals surface area contributed by atoms with Crippen molar-refractivity contribution in [2.24, 2.45) is 0 Å². The molecule has 1 atom stereocenters. The largest absolute Gasteiger partial charge is 0.348 e. The van der Waals surface area contributed by atoms with Crippen LogP contribution in [0, 0.1) is 0 Å². The molecule has 0 amide bonds. The van der Waals surface area contributed by atoms with Crippen molar-refractivity contribution in [1.82, 2.24) is 19.5 Å². The Morgan fingerprint density at radius 1 is 1.00 bits per heavy atom. The maximum Gasteiger partial charge on any atom is 0.225 e. The van der Waals surface area contributed by atoms with Gasteiger partial charge in [-0.05, 0) is 30.7 Å². The number of fused-ring (bicyclic) bond motifs is 1. The number of hydrogen-bond donors (Lipinski definition) is 1. The molecule has 4 aromatic rings. The molecule has 2 aromatic heterocycles. The van der Waals surface area contributed by atoms with Crippen molar-refractivity contribution in [1.29, 1.82) is 0 Å². The van der Waals surface area contributed by atoms with Crippen LogP contribution in [0.2, 0.25) is 10.0 Å². The quantitative estimate of drug-likeness (QED) is 0.519. The van der Waals surface area contributed by atoms with E-state index in [1.54, 1.807) is 24.7 Å². The van der Waals surface area contributed by atoms with Gasteiger partial charge in [-0.2, -0.15) is 4.98 Å². The van der Waals surface area contributed by atoms with Gasteiger partial charge in [0.15, 0.2) is 0 Å². The number of aromatic nitrogens is 4. The fraction of sp³-hybridized carbons (Fsp3) is 0.105. The molecule has 4 rings (SSSR count). The van der Waals surface area contributed by atoms with Crippen LogP contribution in [0.4, 0.5) is 5.95 Å². The van der Waals surface area contributed by atoms with Crippen LogP contribution in [0.3, 0.4) is 0 Å². The molecule has 0 aliphatic rings. The molecule has 0 saturated heterocycles. The zero-order valence-corrected chi connectivity index (χ0v) is 15.4. The fourth-order valence-corrected chi connectivity index (χ4v) is 3.07. The van der Waals surface area contributed by atoms with Gasteiger partial charge in [0, 0.05) is 6.20 Å². The number of nitrogens with one attached hydrogen (secondary N) is 1. The van der Waals surface area contributed by atoms with E-state index in [4.69, 9.17) is 23.2 Å². The molecular weight excluding hydrogens is 369 g/mol. The first-order chi connectivity index (χ1) is 12.6. The normalized spacial score (nSPS) is 12.3. The molecule has 0 saturated carbocycles. The molecule has 5 nitrogen and oxygen atoms in total. The molecule has 2 aromatic carbocycles. The highest BCUT2D eigenvalue weighted by Crippen LogP contribution is 2.28. The van der Waals surface area contributed by atoms with Gasteiger partial charge >= 0.3 is 0 Å². The molecule has 7 heteroatoms. The molecule has 0 radical (unpaired) electrons. The highest BCUT2D eigenvalue weighted by atomic mass is 35.5. The van der Waals surface area contributed by atoms with E-state index < -0.39 is 0 Å². The summed E-state index contributed by atoms with van der Waals surface area (Å²) < 4.78 is 1.86. The van der Waals surface area contributed by atoms with Crippen molar-refractivity contribution in [3.05, 3.63) is 76.7 Å². The van der Waals surface area contributed by atoms with Crippen molar-refractivity contribution < 1.29 is 0 Å². The summed E-state index contributed by atoms with van der Waals surface area (Å²) in [4.78, 5) is 13.3. The number of benzene rings is 2. The Bertz CT molecular complexity index is 1060. The van der Waals surface area contributed by atoms with Crippen molar-refractivity contribution in [3.63, 3.8) is 0 Å². The maximum absolute atomic E-state index is 6.15. The molecular formula is C19H15Cl2N5. The third-order valence-electron chi connectivity index (χ3n) is 4.12. The topological polar surface area (TPSA) is 55.6 Å². The van der Waals surface area contributed by atoms with E-state index in [1.807, 2.05) is 28.8 Å². The second kappa shape index (κ2) is 6.94. The second-order valence-electron chi connectivity index (χ2n) is 5.88. The first-order valence-electron chi connectivity index (χ1n) is 8.09. The van der Waals surface area contributed by atoms with Crippen LogP contribution in [0.15, 0.2) is 61.1 Å². The smallest absolute Gasteiger partial charge is 0.225 e. The van der Waals surface area contributed by atoms with Gasteiger partial charge in [0.2, 0.25) is 5.95 Å². The van der Waals surface area contributed by atoms with E-state index >= 15 is 0 Å². The maximum atomic E-state index is 6.15. The van der Waals surface area contributed by atoms with E-state index in [0.717, 1.165) is 16.6 Å². The Morgan fingerprint density at radius 3 is 2.58 bits per heavy atom. The van der Waals surface area contributed by atoms with Crippen LogP contribution in [0.1, 0.15) is 18.5 Å². The minimum absolute atomic E-state index is 0.0826. The summed E-state index contributed by atoms with van der Waals surface area (Å²) in [5.41, 5.74) is 2.75. The first kappa shape index (κ1) is 16.8. The lowest BCUT2D eigenvalue weighted by molar-refractivity contribution is 0.854. The van der Waals surface area contributed by atoms with E-state index in [2.05, 4.69) is 39.3 Å². The highest BCUT2D eigenvalue weighted by Gasteiger charge is 2.11. The Balaban J connectivity index is 1.67. The number of halogens is 2. The van der Waals surface area contributed by atoms with Gasteiger partial charge < -0.3 is 5.32 Å². The summed E-state index contributed by atoms with van der Waals surface area (Å²) in [6.45, 7) is 2.07. The molecule has 0 spiro atoms. The average molecular weight is 384 g/mol. The van der Waals surface area contributed by atoms with Gasteiger partial charge in [0.05, 0.1) is 27.1 Å². The van der Waals surface area contributed by atoms with Crippen molar-refractivity contribution in [2.75, 3.05) is 5.32 Å². The summed E-state index contributed by atoms with van der Waals surface area (Å²) >= 11 is 12.2. The number of nitrogens with zero attached hydrogens (tertiary/aromatic N) is 4. The monoisotopic (exact) mass is 383 g/mol. The molecule has 1 unspecified atom stereocenters. The van der Waals surface area contributed by atoms with Crippen LogP contribution in [0.5, 0.6) is 0 Å². The van der Waals surface area contributed by atoms with Gasteiger partial charge in [-0.25, -0.2) is 9.97 Å². The van der Waals surface area contributed by atoms with E-state index in [1.165, 1.54) is 0 Å². The number of anilines is 1. The van der Waals surface area contributed by atoms with Gasteiger partial charge in [-0.1, -0.05) is 53.5 Å². The van der Waals surface area contributed by atoms with Crippen LogP contribution in [0.25, 0.3) is 16.9 Å². The van der Waals surface area contributed by atoms with E-state index in [0.29, 0.717) is 21.8 Å². The Kier molecular flexibility index (Phi) is 4.49. The van der Waals surface area contributed by atoms with Crippen LogP contribution >= 0.6 is 23.2 Å². The van der Waals surface area contributed by atoms with Gasteiger partial charge in [0.25, 0.3) is 0 Å². The Hall–Kier alpha value is -2.63. The lowest BCUT2D eigenvalue weighted by Gasteiger charge is -2.14. The summed E-state index contributed by atoms with van der Waals surface area (Å²) in [6, 6.07) is 15.6. The van der Waals surface area contributed by atoms with Crippen LogP contribution in [-0.2, 0) is 0 Å². The SMILES string of the molecule is CC(Nc1nccc(-n2cnc3cc(Cl)c(Cl)cc32)n1)c1ccccc1. The standard InChI is InChI=1S/C19H15Cl2N5/c1-12(13-5-3-2-4-6-13)24-19-22-8-7-18(25-19)26-11-23-16-9-14(20)15(21)10-17(16)26/h2-12H,1H3,(H,22,24,25). The molecule has 1 N–H and O–H groups in total. The first-order valence-corrected chi connectivity index (χ1v) is 8.84. The molecule has 0 bridgehead atoms. The molecule has 26 heavy (non-hydrogen) atoms. The number of rotatable bonds is 4. The van der Waals surface area contributed by atoms with E-state index in [9.17, 15) is 0 Å². The zero-order chi connectivity index (χ0) is 18.1. The predicted octanol–water partition coefficient (Wildman–Crippen LogP) is 5.30. The lowest BCUT2D eigenvalue weighted by Crippen LogP contribution is -2.10. The third kappa shape index (κ3) is 3.23. The lowest BCUT2D eigenvalue weighted by atomic mass is 10.1. The van der Waals surface area contributed by atoms with Crippen LogP contribution < -0.4 is 5.32 Å². The number of hydrogen-bond acceptors (Lipinski definition) is 4. The summed E-state index contributed by atoms with van der Waals surface area (Å²) in [7, 11) is 0.